The Kier molecular flexibility index (Phi) is 8.37. The molecular weight excluding hydrogens is 309 g/mol. The maximum absolute atomic E-state index is 14.8. The van der Waals surface area contributed by atoms with E-state index in [0.717, 1.165) is 45.8 Å². The second-order valence-electron chi connectivity index (χ2n) is 7.63. The molecule has 142 valence electrons. The van der Waals surface area contributed by atoms with Crippen LogP contribution in [0, 0.1) is 5.92 Å². The van der Waals surface area contributed by atoms with Crippen LogP contribution in [-0.4, -0.2) is 82.3 Å². The number of halogens is 1. The van der Waals surface area contributed by atoms with Gasteiger partial charge in [0.25, 0.3) is 0 Å². The maximum Gasteiger partial charge on any atom is 0.128 e. The Morgan fingerprint density at radius 3 is 2.79 bits per heavy atom. The van der Waals surface area contributed by atoms with Crippen molar-refractivity contribution in [3.63, 3.8) is 0 Å². The minimum atomic E-state index is -1.10. The van der Waals surface area contributed by atoms with Crippen LogP contribution in [-0.2, 0) is 9.47 Å². The molecule has 2 fully saturated rings. The van der Waals surface area contributed by atoms with E-state index in [9.17, 15) is 4.39 Å². The number of rotatable bonds is 9. The van der Waals surface area contributed by atoms with Gasteiger partial charge in [-0.3, -0.25) is 0 Å². The summed E-state index contributed by atoms with van der Waals surface area (Å²) in [4.78, 5) is 2.31. The molecule has 2 N–H and O–H groups in total. The fourth-order valence-corrected chi connectivity index (χ4v) is 3.65. The third kappa shape index (κ3) is 6.92. The Hall–Kier alpha value is -0.270. The normalized spacial score (nSPS) is 33.5. The largest absolute Gasteiger partial charge is 0.378 e. The quantitative estimate of drug-likeness (QED) is 0.662. The van der Waals surface area contributed by atoms with Gasteiger partial charge in [-0.2, -0.15) is 0 Å². The minimum absolute atomic E-state index is 0.0382. The van der Waals surface area contributed by atoms with Gasteiger partial charge in [0, 0.05) is 39.0 Å². The third-order valence-electron chi connectivity index (χ3n) is 5.06. The van der Waals surface area contributed by atoms with Crippen LogP contribution >= 0.6 is 0 Å². The minimum Gasteiger partial charge on any atom is -0.378 e. The number of ether oxygens (including phenoxy) is 2. The monoisotopic (exact) mass is 345 g/mol. The molecule has 0 aliphatic carbocycles. The first-order valence-corrected chi connectivity index (χ1v) is 9.53. The van der Waals surface area contributed by atoms with Gasteiger partial charge >= 0.3 is 0 Å². The highest BCUT2D eigenvalue weighted by molar-refractivity contribution is 4.89. The predicted octanol–water partition coefficient (Wildman–Crippen LogP) is 1.43. The summed E-state index contributed by atoms with van der Waals surface area (Å²) in [5, 5.41) is 6.65. The molecule has 24 heavy (non-hydrogen) atoms. The van der Waals surface area contributed by atoms with Crippen molar-refractivity contribution in [2.75, 3.05) is 59.5 Å². The van der Waals surface area contributed by atoms with Gasteiger partial charge in [-0.05, 0) is 32.5 Å². The van der Waals surface area contributed by atoms with Crippen molar-refractivity contribution < 1.29 is 13.9 Å². The molecule has 4 atom stereocenters. The fraction of sp³-hybridized carbons (Fsp3) is 1.00. The number of hydrogen-bond acceptors (Lipinski definition) is 5. The highest BCUT2D eigenvalue weighted by Crippen LogP contribution is 2.31. The van der Waals surface area contributed by atoms with Gasteiger partial charge in [-0.1, -0.05) is 13.8 Å². The summed E-state index contributed by atoms with van der Waals surface area (Å²) < 4.78 is 26.4. The Labute approximate surface area is 146 Å². The SMILES string of the molecule is CCNCC1(F)CCOC(CC(C)CNCC2CN(C)CCO2)C1. The smallest absolute Gasteiger partial charge is 0.128 e. The lowest BCUT2D eigenvalue weighted by Gasteiger charge is -2.36. The highest BCUT2D eigenvalue weighted by Gasteiger charge is 2.37. The van der Waals surface area contributed by atoms with E-state index < -0.39 is 5.67 Å². The summed E-state index contributed by atoms with van der Waals surface area (Å²) in [6, 6.07) is 0. The second-order valence-corrected chi connectivity index (χ2v) is 7.63. The van der Waals surface area contributed by atoms with E-state index >= 15 is 0 Å². The van der Waals surface area contributed by atoms with Crippen LogP contribution in [0.1, 0.15) is 33.1 Å². The number of hydrogen-bond donors (Lipinski definition) is 2. The average Bonchev–Trinajstić information content (AvgIpc) is 2.53. The van der Waals surface area contributed by atoms with Crippen LogP contribution in [0.15, 0.2) is 0 Å². The molecule has 0 spiro atoms. The van der Waals surface area contributed by atoms with Crippen molar-refractivity contribution in [3.05, 3.63) is 0 Å². The van der Waals surface area contributed by atoms with Crippen molar-refractivity contribution in [2.24, 2.45) is 5.92 Å². The molecule has 0 amide bonds. The van der Waals surface area contributed by atoms with Crippen LogP contribution in [0.25, 0.3) is 0 Å². The lowest BCUT2D eigenvalue weighted by molar-refractivity contribution is -0.0697. The van der Waals surface area contributed by atoms with Crippen molar-refractivity contribution in [1.82, 2.24) is 15.5 Å². The Morgan fingerprint density at radius 1 is 1.25 bits per heavy atom. The lowest BCUT2D eigenvalue weighted by Crippen LogP contribution is -2.46. The molecule has 0 bridgehead atoms. The zero-order valence-electron chi connectivity index (χ0n) is 15.7. The molecule has 2 saturated heterocycles. The van der Waals surface area contributed by atoms with Crippen molar-refractivity contribution >= 4 is 0 Å². The van der Waals surface area contributed by atoms with E-state index in [1.54, 1.807) is 0 Å². The van der Waals surface area contributed by atoms with Gasteiger partial charge < -0.3 is 25.0 Å². The van der Waals surface area contributed by atoms with E-state index in [4.69, 9.17) is 9.47 Å². The predicted molar refractivity (Wildman–Crippen MR) is 95.2 cm³/mol. The Morgan fingerprint density at radius 2 is 2.04 bits per heavy atom. The van der Waals surface area contributed by atoms with Crippen molar-refractivity contribution in [3.8, 4) is 0 Å². The van der Waals surface area contributed by atoms with E-state index in [2.05, 4.69) is 29.5 Å². The van der Waals surface area contributed by atoms with Gasteiger partial charge in [0.05, 0.1) is 25.4 Å². The molecule has 2 aliphatic rings. The Bertz CT molecular complexity index is 361. The van der Waals surface area contributed by atoms with Gasteiger partial charge in [-0.25, -0.2) is 4.39 Å². The zero-order chi connectivity index (χ0) is 17.4. The first-order chi connectivity index (χ1) is 11.5. The number of likely N-dealkylation sites (N-methyl/N-ethyl adjacent to an activating group) is 1. The molecule has 0 radical (unpaired) electrons. The van der Waals surface area contributed by atoms with Crippen molar-refractivity contribution in [1.29, 1.82) is 0 Å². The molecule has 2 rings (SSSR count). The summed E-state index contributed by atoms with van der Waals surface area (Å²) in [5.74, 6) is 0.470. The lowest BCUT2D eigenvalue weighted by atomic mass is 9.88. The molecule has 6 heteroatoms. The van der Waals surface area contributed by atoms with Gasteiger partial charge in [0.1, 0.15) is 5.67 Å². The van der Waals surface area contributed by atoms with Crippen LogP contribution in [0.2, 0.25) is 0 Å². The average molecular weight is 346 g/mol. The standard InChI is InChI=1S/C18H36FN3O2/c1-4-20-14-18(19)5-7-23-16(10-18)9-15(2)11-21-12-17-13-22(3)6-8-24-17/h15-17,20-21H,4-14H2,1-3H3. The molecule has 4 unspecified atom stereocenters. The first-order valence-electron chi connectivity index (χ1n) is 9.53. The second kappa shape index (κ2) is 10.0. The van der Waals surface area contributed by atoms with E-state index in [0.29, 0.717) is 31.9 Å². The topological polar surface area (TPSA) is 45.8 Å². The van der Waals surface area contributed by atoms with Gasteiger partial charge in [0.2, 0.25) is 0 Å². The van der Waals surface area contributed by atoms with Crippen molar-refractivity contribution in [2.45, 2.75) is 51.0 Å². The first kappa shape index (κ1) is 20.0. The number of nitrogens with one attached hydrogen (secondary N) is 2. The molecule has 0 aromatic heterocycles. The van der Waals surface area contributed by atoms with Gasteiger partial charge in [-0.15, -0.1) is 0 Å². The maximum atomic E-state index is 14.8. The fourth-order valence-electron chi connectivity index (χ4n) is 3.65. The summed E-state index contributed by atoms with van der Waals surface area (Å²) in [6.45, 7) is 10.7. The highest BCUT2D eigenvalue weighted by atomic mass is 19.1. The van der Waals surface area contributed by atoms with E-state index in [-0.39, 0.29) is 12.2 Å². The van der Waals surface area contributed by atoms with Crippen LogP contribution in [0.3, 0.4) is 0 Å². The third-order valence-corrected chi connectivity index (χ3v) is 5.06. The van der Waals surface area contributed by atoms with E-state index in [1.807, 2.05) is 6.92 Å². The molecule has 0 aromatic rings. The zero-order valence-corrected chi connectivity index (χ0v) is 15.7. The summed E-state index contributed by atoms with van der Waals surface area (Å²) in [7, 11) is 2.13. The van der Waals surface area contributed by atoms with Gasteiger partial charge in [0.15, 0.2) is 0 Å². The summed E-state index contributed by atoms with van der Waals surface area (Å²) >= 11 is 0. The van der Waals surface area contributed by atoms with Crippen LogP contribution < -0.4 is 10.6 Å². The number of alkyl halides is 1. The molecule has 2 aliphatic heterocycles. The molecular formula is C18H36FN3O2. The van der Waals surface area contributed by atoms with Crippen LogP contribution in [0.4, 0.5) is 4.39 Å². The molecule has 5 nitrogen and oxygen atoms in total. The number of nitrogens with zero attached hydrogens (tertiary/aromatic N) is 1. The van der Waals surface area contributed by atoms with E-state index in [1.165, 1.54) is 0 Å². The molecule has 2 heterocycles. The summed E-state index contributed by atoms with van der Waals surface area (Å²) in [5.41, 5.74) is -1.10. The molecule has 0 saturated carbocycles. The summed E-state index contributed by atoms with van der Waals surface area (Å²) in [6.07, 6.45) is 2.25. The Balaban J connectivity index is 1.63. The number of morpholine rings is 1. The molecule has 0 aromatic carbocycles. The van der Waals surface area contributed by atoms with Crippen LogP contribution in [0.5, 0.6) is 0 Å².